The highest BCUT2D eigenvalue weighted by Crippen LogP contribution is 2.54. The summed E-state index contributed by atoms with van der Waals surface area (Å²) in [7, 11) is 0. The molecule has 0 saturated carbocycles. The average molecular weight is 554 g/mol. The molecule has 0 saturated heterocycles. The molecule has 1 aliphatic heterocycles. The summed E-state index contributed by atoms with van der Waals surface area (Å²) < 4.78 is 6.32. The lowest BCUT2D eigenvalue weighted by Gasteiger charge is -2.31. The molecule has 206 valence electrons. The molecule has 1 unspecified atom stereocenters. The Labute approximate surface area is 242 Å². The first-order valence-corrected chi connectivity index (χ1v) is 14.2. The standard InChI is InChI=1S/C36H27NO5/c38-17-8-1-2-9-18-42-28-19-25-26-20-37-36(41)32(26)33-29(21-11-4-3-5-12-21)35(40)24-15-10-16-27(39)31(24)34(33)30(25)23-14-7-6-13-22(23)28/h3-7,10-17,19-20,29,39H,1-2,8-9,18H2. The number of fused-ring (bicyclic) bond motifs is 10. The van der Waals surface area contributed by atoms with E-state index in [1.807, 2.05) is 60.7 Å². The summed E-state index contributed by atoms with van der Waals surface area (Å²) in [5.41, 5.74) is 3.94. The Morgan fingerprint density at radius 1 is 0.810 bits per heavy atom. The molecule has 1 heterocycles. The Hall–Kier alpha value is -5.10. The summed E-state index contributed by atoms with van der Waals surface area (Å²) in [4.78, 5) is 42.5. The van der Waals surface area contributed by atoms with Gasteiger partial charge in [-0.1, -0.05) is 66.7 Å². The molecule has 5 aromatic rings. The van der Waals surface area contributed by atoms with E-state index in [-0.39, 0.29) is 11.5 Å². The van der Waals surface area contributed by atoms with Gasteiger partial charge in [-0.2, -0.15) is 0 Å². The lowest BCUT2D eigenvalue weighted by Crippen LogP contribution is -2.24. The van der Waals surface area contributed by atoms with Crippen molar-refractivity contribution in [2.75, 3.05) is 6.61 Å². The number of aldehydes is 1. The van der Waals surface area contributed by atoms with Crippen LogP contribution in [-0.4, -0.2) is 35.9 Å². The number of aliphatic imine (C=N–C) groups is 1. The predicted molar refractivity (Wildman–Crippen MR) is 163 cm³/mol. The fourth-order valence-corrected chi connectivity index (χ4v) is 6.53. The molecule has 6 nitrogen and oxygen atoms in total. The molecule has 0 aromatic heterocycles. The van der Waals surface area contributed by atoms with Crippen molar-refractivity contribution < 1.29 is 24.2 Å². The number of rotatable bonds is 8. The van der Waals surface area contributed by atoms with E-state index < -0.39 is 11.8 Å². The number of carbonyl (C=O) groups is 3. The first-order chi connectivity index (χ1) is 20.6. The van der Waals surface area contributed by atoms with Gasteiger partial charge in [0.05, 0.1) is 18.1 Å². The summed E-state index contributed by atoms with van der Waals surface area (Å²) in [5.74, 6) is -0.630. The Bertz CT molecular complexity index is 1960. The number of aromatic hydroxyl groups is 1. The number of phenols is 1. The van der Waals surface area contributed by atoms with Crippen LogP contribution in [0.2, 0.25) is 0 Å². The van der Waals surface area contributed by atoms with Crippen LogP contribution in [0.5, 0.6) is 11.5 Å². The monoisotopic (exact) mass is 553 g/mol. The van der Waals surface area contributed by atoms with Gasteiger partial charge in [-0.25, -0.2) is 4.99 Å². The maximum Gasteiger partial charge on any atom is 0.277 e. The number of carbonyl (C=O) groups excluding carboxylic acids is 3. The molecule has 1 atom stereocenters. The molecule has 0 fully saturated rings. The summed E-state index contributed by atoms with van der Waals surface area (Å²) in [6, 6.07) is 24.4. The van der Waals surface area contributed by atoms with Gasteiger partial charge in [0, 0.05) is 34.7 Å². The minimum Gasteiger partial charge on any atom is -0.507 e. The molecule has 0 radical (unpaired) electrons. The molecule has 0 bridgehead atoms. The van der Waals surface area contributed by atoms with Crippen LogP contribution in [0.3, 0.4) is 0 Å². The second-order valence-corrected chi connectivity index (χ2v) is 10.8. The SMILES string of the molecule is O=CCCCCCOc1cc2c3c(c4c(c2c2ccccc12)-c1c(O)cccc1C(=O)C4c1ccccc1)C(=O)N=C3. The van der Waals surface area contributed by atoms with Gasteiger partial charge in [-0.15, -0.1) is 0 Å². The molecule has 1 aliphatic carbocycles. The van der Waals surface area contributed by atoms with E-state index in [1.54, 1.807) is 24.4 Å². The number of ketones is 1. The van der Waals surface area contributed by atoms with E-state index in [2.05, 4.69) is 4.99 Å². The smallest absolute Gasteiger partial charge is 0.277 e. The third-order valence-electron chi connectivity index (χ3n) is 8.35. The summed E-state index contributed by atoms with van der Waals surface area (Å²) in [6.07, 6.45) is 5.60. The molecule has 0 spiro atoms. The fourth-order valence-electron chi connectivity index (χ4n) is 6.53. The first-order valence-electron chi connectivity index (χ1n) is 14.2. The van der Waals surface area contributed by atoms with Crippen LogP contribution >= 0.6 is 0 Å². The third-order valence-corrected chi connectivity index (χ3v) is 8.35. The van der Waals surface area contributed by atoms with Crippen molar-refractivity contribution in [1.29, 1.82) is 0 Å². The topological polar surface area (TPSA) is 93.0 Å². The van der Waals surface area contributed by atoms with Crippen LogP contribution in [-0.2, 0) is 4.79 Å². The van der Waals surface area contributed by atoms with Gasteiger partial charge < -0.3 is 14.6 Å². The lowest BCUT2D eigenvalue weighted by molar-refractivity contribution is -0.107. The maximum atomic E-state index is 14.2. The number of ether oxygens (including phenoxy) is 1. The Morgan fingerprint density at radius 3 is 2.40 bits per heavy atom. The first kappa shape index (κ1) is 25.8. The predicted octanol–water partition coefficient (Wildman–Crippen LogP) is 7.40. The van der Waals surface area contributed by atoms with E-state index in [1.165, 1.54) is 0 Å². The van der Waals surface area contributed by atoms with Crippen LogP contribution in [0, 0.1) is 0 Å². The zero-order valence-electron chi connectivity index (χ0n) is 22.8. The quantitative estimate of drug-likeness (QED) is 0.123. The number of amides is 1. The molecule has 5 aromatic carbocycles. The van der Waals surface area contributed by atoms with Gasteiger partial charge in [-0.05, 0) is 64.2 Å². The lowest BCUT2D eigenvalue weighted by atomic mass is 9.70. The van der Waals surface area contributed by atoms with Gasteiger partial charge in [0.1, 0.15) is 17.8 Å². The number of unbranched alkanes of at least 4 members (excludes halogenated alkanes) is 3. The van der Waals surface area contributed by atoms with E-state index in [4.69, 9.17) is 4.74 Å². The van der Waals surface area contributed by atoms with Gasteiger partial charge >= 0.3 is 0 Å². The van der Waals surface area contributed by atoms with Crippen molar-refractivity contribution in [3.8, 4) is 22.6 Å². The van der Waals surface area contributed by atoms with E-state index in [9.17, 15) is 19.5 Å². The van der Waals surface area contributed by atoms with Crippen molar-refractivity contribution in [2.24, 2.45) is 4.99 Å². The second kappa shape index (κ2) is 10.4. The Balaban J connectivity index is 1.56. The zero-order valence-corrected chi connectivity index (χ0v) is 22.8. The average Bonchev–Trinajstić information content (AvgIpc) is 3.41. The normalized spacial score (nSPS) is 15.1. The van der Waals surface area contributed by atoms with Gasteiger partial charge in [0.2, 0.25) is 0 Å². The number of nitrogens with zero attached hydrogens (tertiary/aromatic N) is 1. The van der Waals surface area contributed by atoms with Crippen molar-refractivity contribution in [1.82, 2.24) is 0 Å². The van der Waals surface area contributed by atoms with E-state index in [0.717, 1.165) is 52.7 Å². The molecule has 1 N–H and O–H groups in total. The van der Waals surface area contributed by atoms with Gasteiger partial charge in [-0.3, -0.25) is 9.59 Å². The van der Waals surface area contributed by atoms with Crippen LogP contribution in [0.4, 0.5) is 0 Å². The summed E-state index contributed by atoms with van der Waals surface area (Å²) in [6.45, 7) is 0.489. The van der Waals surface area contributed by atoms with Crippen molar-refractivity contribution in [3.63, 3.8) is 0 Å². The summed E-state index contributed by atoms with van der Waals surface area (Å²) >= 11 is 0. The fraction of sp³-hybridized carbons (Fsp3) is 0.167. The van der Waals surface area contributed by atoms with Crippen molar-refractivity contribution >= 4 is 45.7 Å². The third kappa shape index (κ3) is 3.94. The molecular weight excluding hydrogens is 526 g/mol. The molecule has 6 heteroatoms. The zero-order chi connectivity index (χ0) is 28.8. The molecular formula is C36H27NO5. The van der Waals surface area contributed by atoms with E-state index in [0.29, 0.717) is 52.2 Å². The van der Waals surface area contributed by atoms with E-state index >= 15 is 0 Å². The van der Waals surface area contributed by atoms with Crippen LogP contribution in [0.25, 0.3) is 32.7 Å². The molecule has 42 heavy (non-hydrogen) atoms. The van der Waals surface area contributed by atoms with Crippen molar-refractivity contribution in [3.05, 3.63) is 107 Å². The maximum absolute atomic E-state index is 14.2. The number of Topliss-reactive ketones (excluding diaryl/α,β-unsaturated/α-hetero) is 1. The summed E-state index contributed by atoms with van der Waals surface area (Å²) in [5, 5.41) is 14.7. The second-order valence-electron chi connectivity index (χ2n) is 10.8. The highest BCUT2D eigenvalue weighted by atomic mass is 16.5. The number of hydrogen-bond donors (Lipinski definition) is 1. The number of phenolic OH excluding ortho intramolecular Hbond substituents is 1. The van der Waals surface area contributed by atoms with Gasteiger partial charge in [0.25, 0.3) is 5.91 Å². The number of benzene rings is 5. The largest absolute Gasteiger partial charge is 0.507 e. The van der Waals surface area contributed by atoms with Crippen molar-refractivity contribution in [2.45, 2.75) is 31.6 Å². The minimum atomic E-state index is -0.736. The Kier molecular flexibility index (Phi) is 6.39. The van der Waals surface area contributed by atoms with Gasteiger partial charge in [0.15, 0.2) is 5.78 Å². The van der Waals surface area contributed by atoms with Crippen LogP contribution < -0.4 is 4.74 Å². The highest BCUT2D eigenvalue weighted by Gasteiger charge is 2.41. The molecule has 1 amide bonds. The molecule has 7 rings (SSSR count). The minimum absolute atomic E-state index is 0.0130. The number of hydrogen-bond acceptors (Lipinski definition) is 5. The van der Waals surface area contributed by atoms with Crippen LogP contribution in [0.1, 0.15) is 69.0 Å². The molecule has 2 aliphatic rings. The Morgan fingerprint density at radius 2 is 1.60 bits per heavy atom. The highest BCUT2D eigenvalue weighted by molar-refractivity contribution is 6.31. The van der Waals surface area contributed by atoms with Crippen LogP contribution in [0.15, 0.2) is 83.9 Å².